The number of hydrogen-bond acceptors (Lipinski definition) is 6. The van der Waals surface area contributed by atoms with Gasteiger partial charge in [-0.2, -0.15) is 0 Å². The van der Waals surface area contributed by atoms with Gasteiger partial charge in [0.15, 0.2) is 0 Å². The third-order valence-electron chi connectivity index (χ3n) is 4.01. The van der Waals surface area contributed by atoms with Crippen LogP contribution in [0, 0.1) is 0 Å². The van der Waals surface area contributed by atoms with Gasteiger partial charge in [-0.25, -0.2) is 0 Å². The highest BCUT2D eigenvalue weighted by Crippen LogP contribution is 2.29. The molecule has 3 rings (SSSR count). The van der Waals surface area contributed by atoms with Gasteiger partial charge in [-0.15, -0.1) is 0 Å². The highest BCUT2D eigenvalue weighted by molar-refractivity contribution is 6.24. The van der Waals surface area contributed by atoms with Gasteiger partial charge in [0.2, 0.25) is 11.6 Å². The van der Waals surface area contributed by atoms with Crippen LogP contribution < -0.4 is 0 Å². The highest BCUT2D eigenvalue weighted by Gasteiger charge is 2.34. The number of ether oxygens (including phenoxy) is 1. The van der Waals surface area contributed by atoms with Crippen molar-refractivity contribution in [3.8, 4) is 0 Å². The van der Waals surface area contributed by atoms with Crippen LogP contribution in [0.4, 0.5) is 0 Å². The van der Waals surface area contributed by atoms with E-state index in [1.165, 1.54) is 12.2 Å². The molecule has 0 atom stereocenters. The number of aliphatic hydroxyl groups is 2. The molecule has 0 spiro atoms. The molecule has 2 aliphatic rings. The lowest BCUT2D eigenvalue weighted by molar-refractivity contribution is 0.0501. The zero-order chi connectivity index (χ0) is 16.4. The van der Waals surface area contributed by atoms with Gasteiger partial charge in [-0.3, -0.25) is 9.59 Å². The number of morpholine rings is 1. The summed E-state index contributed by atoms with van der Waals surface area (Å²) in [6.07, 6.45) is 4.37. The number of rotatable bonds is 4. The van der Waals surface area contributed by atoms with Gasteiger partial charge < -0.3 is 24.8 Å². The summed E-state index contributed by atoms with van der Waals surface area (Å²) in [5, 5.41) is 18.5. The monoisotopic (exact) mass is 318 g/mol. The van der Waals surface area contributed by atoms with Gasteiger partial charge in [0.05, 0.1) is 43.4 Å². The van der Waals surface area contributed by atoms with E-state index in [0.29, 0.717) is 43.3 Å². The molecule has 1 fully saturated rings. The SMILES string of the molecule is O=C1C=C(N2CCOCC2)C(=O)c2c1[nH]c(/C=C/CO)c2CO. The Morgan fingerprint density at radius 2 is 2.00 bits per heavy atom. The molecule has 2 heterocycles. The maximum atomic E-state index is 12.8. The van der Waals surface area contributed by atoms with Gasteiger partial charge in [0.25, 0.3) is 0 Å². The summed E-state index contributed by atoms with van der Waals surface area (Å²) < 4.78 is 5.27. The quantitative estimate of drug-likeness (QED) is 0.728. The number of nitrogens with zero attached hydrogens (tertiary/aromatic N) is 1. The summed E-state index contributed by atoms with van der Waals surface area (Å²) in [6.45, 7) is 1.58. The Balaban J connectivity index is 2.02. The van der Waals surface area contributed by atoms with Gasteiger partial charge in [0, 0.05) is 30.4 Å². The minimum atomic E-state index is -0.369. The van der Waals surface area contributed by atoms with Crippen molar-refractivity contribution in [2.45, 2.75) is 6.61 Å². The van der Waals surface area contributed by atoms with E-state index in [9.17, 15) is 14.7 Å². The van der Waals surface area contributed by atoms with E-state index < -0.39 is 0 Å². The molecule has 0 amide bonds. The van der Waals surface area contributed by atoms with Gasteiger partial charge in [-0.05, 0) is 6.08 Å². The molecule has 0 unspecified atom stereocenters. The molecule has 1 saturated heterocycles. The number of allylic oxidation sites excluding steroid dienone is 2. The number of aromatic nitrogens is 1. The van der Waals surface area contributed by atoms with Crippen LogP contribution >= 0.6 is 0 Å². The highest BCUT2D eigenvalue weighted by atomic mass is 16.5. The summed E-state index contributed by atoms with van der Waals surface area (Å²) in [4.78, 5) is 29.9. The molecular weight excluding hydrogens is 300 g/mol. The fourth-order valence-corrected chi connectivity index (χ4v) is 2.90. The molecule has 0 saturated carbocycles. The topological polar surface area (TPSA) is 103 Å². The standard InChI is InChI=1S/C16H18N2O5/c19-5-1-2-11-10(9-20)14-15(17-11)13(21)8-12(16(14)22)18-3-6-23-7-4-18/h1-2,8,17,19-20H,3-7,9H2/b2-1+. The lowest BCUT2D eigenvalue weighted by Gasteiger charge is -2.31. The van der Waals surface area contributed by atoms with E-state index in [-0.39, 0.29) is 36.0 Å². The number of carbonyl (C=O) groups is 2. The number of carbonyl (C=O) groups excluding carboxylic acids is 2. The molecule has 0 aromatic carbocycles. The summed E-state index contributed by atoms with van der Waals surface area (Å²) in [5.74, 6) is -0.565. The molecule has 1 aliphatic heterocycles. The molecule has 23 heavy (non-hydrogen) atoms. The van der Waals surface area contributed by atoms with Crippen LogP contribution in [-0.2, 0) is 11.3 Å². The van der Waals surface area contributed by atoms with Crippen molar-refractivity contribution in [3.05, 3.63) is 40.4 Å². The summed E-state index contributed by atoms with van der Waals surface area (Å²) >= 11 is 0. The third kappa shape index (κ3) is 2.74. The Labute approximate surface area is 132 Å². The molecule has 1 aromatic heterocycles. The van der Waals surface area contributed by atoms with Gasteiger partial charge in [-0.1, -0.05) is 6.08 Å². The van der Waals surface area contributed by atoms with Crippen molar-refractivity contribution < 1.29 is 24.5 Å². The van der Waals surface area contributed by atoms with E-state index in [1.807, 2.05) is 4.90 Å². The molecule has 0 bridgehead atoms. The van der Waals surface area contributed by atoms with Crippen molar-refractivity contribution in [2.75, 3.05) is 32.9 Å². The first-order chi connectivity index (χ1) is 11.2. The lowest BCUT2D eigenvalue weighted by atomic mass is 9.94. The largest absolute Gasteiger partial charge is 0.392 e. The maximum absolute atomic E-state index is 12.8. The molecule has 7 nitrogen and oxygen atoms in total. The van der Waals surface area contributed by atoms with Crippen molar-refractivity contribution in [1.29, 1.82) is 0 Å². The normalized spacial score (nSPS) is 18.5. The second-order valence-corrected chi connectivity index (χ2v) is 5.33. The molecule has 1 aromatic rings. The van der Waals surface area contributed by atoms with Crippen LogP contribution in [0.15, 0.2) is 17.8 Å². The third-order valence-corrected chi connectivity index (χ3v) is 4.01. The lowest BCUT2D eigenvalue weighted by Crippen LogP contribution is -2.39. The number of ketones is 2. The number of aromatic amines is 1. The van der Waals surface area contributed by atoms with Crippen LogP contribution in [0.25, 0.3) is 6.08 Å². The second kappa shape index (κ2) is 6.49. The van der Waals surface area contributed by atoms with Gasteiger partial charge >= 0.3 is 0 Å². The smallest absolute Gasteiger partial charge is 0.211 e. The van der Waals surface area contributed by atoms with E-state index in [0.717, 1.165) is 0 Å². The Kier molecular flexibility index (Phi) is 4.42. The zero-order valence-electron chi connectivity index (χ0n) is 12.5. The predicted molar refractivity (Wildman–Crippen MR) is 82.0 cm³/mol. The first kappa shape index (κ1) is 15.7. The average Bonchev–Trinajstić information content (AvgIpc) is 2.96. The molecule has 3 N–H and O–H groups in total. The van der Waals surface area contributed by atoms with E-state index in [2.05, 4.69) is 4.98 Å². The maximum Gasteiger partial charge on any atom is 0.211 e. The summed E-state index contributed by atoms with van der Waals surface area (Å²) in [7, 11) is 0. The van der Waals surface area contributed by atoms with Gasteiger partial charge in [0.1, 0.15) is 0 Å². The Hall–Kier alpha value is -2.22. The number of aliphatic hydroxyl groups excluding tert-OH is 2. The van der Waals surface area contributed by atoms with Crippen LogP contribution in [0.1, 0.15) is 32.1 Å². The Morgan fingerprint density at radius 1 is 1.26 bits per heavy atom. The van der Waals surface area contributed by atoms with Crippen LogP contribution in [0.2, 0.25) is 0 Å². The second-order valence-electron chi connectivity index (χ2n) is 5.33. The molecule has 0 radical (unpaired) electrons. The van der Waals surface area contributed by atoms with Crippen molar-refractivity contribution >= 4 is 17.6 Å². The number of nitrogens with one attached hydrogen (secondary N) is 1. The molecule has 122 valence electrons. The number of hydrogen-bond donors (Lipinski definition) is 3. The van der Waals surface area contributed by atoms with Crippen LogP contribution in [-0.4, -0.2) is 64.6 Å². The van der Waals surface area contributed by atoms with Crippen LogP contribution in [0.3, 0.4) is 0 Å². The summed E-state index contributed by atoms with van der Waals surface area (Å²) in [6, 6.07) is 0. The number of fused-ring (bicyclic) bond motifs is 1. The molecule has 1 aliphatic carbocycles. The zero-order valence-corrected chi connectivity index (χ0v) is 12.5. The minimum Gasteiger partial charge on any atom is -0.392 e. The van der Waals surface area contributed by atoms with Crippen LogP contribution in [0.5, 0.6) is 0 Å². The van der Waals surface area contributed by atoms with E-state index in [1.54, 1.807) is 6.08 Å². The molecule has 7 heteroatoms. The van der Waals surface area contributed by atoms with Crippen molar-refractivity contribution in [1.82, 2.24) is 9.88 Å². The van der Waals surface area contributed by atoms with E-state index >= 15 is 0 Å². The summed E-state index contributed by atoms with van der Waals surface area (Å²) in [5.41, 5.74) is 1.59. The first-order valence-corrected chi connectivity index (χ1v) is 7.44. The number of H-pyrrole nitrogens is 1. The van der Waals surface area contributed by atoms with Crippen molar-refractivity contribution in [2.24, 2.45) is 0 Å². The first-order valence-electron chi connectivity index (χ1n) is 7.44. The minimum absolute atomic E-state index is 0.173. The fourth-order valence-electron chi connectivity index (χ4n) is 2.90. The number of Topliss-reactive ketones (excluding diaryl/α,β-unsaturated/α-hetero) is 1. The Morgan fingerprint density at radius 3 is 2.65 bits per heavy atom. The fraction of sp³-hybridized carbons (Fsp3) is 0.375. The average molecular weight is 318 g/mol. The Bertz CT molecular complexity index is 696. The molecular formula is C16H18N2O5. The van der Waals surface area contributed by atoms with Crippen molar-refractivity contribution in [3.63, 3.8) is 0 Å². The predicted octanol–water partition coefficient (Wildman–Crippen LogP) is 0.108. The van der Waals surface area contributed by atoms with E-state index in [4.69, 9.17) is 9.84 Å².